The molecule has 3 aliphatic rings. The van der Waals surface area contributed by atoms with Crippen molar-refractivity contribution in [1.29, 1.82) is 5.26 Å². The summed E-state index contributed by atoms with van der Waals surface area (Å²) >= 11 is 0. The highest BCUT2D eigenvalue weighted by Gasteiger charge is 2.69. The zero-order valence-electron chi connectivity index (χ0n) is 12.2. The van der Waals surface area contributed by atoms with E-state index in [4.69, 9.17) is 5.26 Å². The molecule has 3 fully saturated rings. The Morgan fingerprint density at radius 1 is 1.55 bits per heavy atom. The standard InChI is InChI=1S/C15H20N4O/c1-10(2)12-4-19(18-11(12)3)5-13(20)17-15-6-14(7-15,8-15)9-16/h4,10H,5-8H2,1-3H3,(H,17,20). The number of hydrogen-bond acceptors (Lipinski definition) is 3. The van der Waals surface area contributed by atoms with Gasteiger partial charge in [0, 0.05) is 11.7 Å². The fraction of sp³-hybridized carbons (Fsp3) is 0.667. The van der Waals surface area contributed by atoms with Crippen molar-refractivity contribution in [2.24, 2.45) is 5.41 Å². The zero-order chi connectivity index (χ0) is 14.5. The number of carbonyl (C=O) groups is 1. The first-order valence-electron chi connectivity index (χ1n) is 7.13. The highest BCUT2D eigenvalue weighted by molar-refractivity contribution is 5.77. The van der Waals surface area contributed by atoms with Crippen molar-refractivity contribution < 1.29 is 4.79 Å². The molecule has 3 aliphatic carbocycles. The summed E-state index contributed by atoms with van der Waals surface area (Å²) < 4.78 is 1.71. The Labute approximate surface area is 119 Å². The Bertz CT molecular complexity index is 588. The number of aryl methyl sites for hydroxylation is 1. The first-order chi connectivity index (χ1) is 9.37. The number of nitrogens with one attached hydrogen (secondary N) is 1. The van der Waals surface area contributed by atoms with Crippen LogP contribution >= 0.6 is 0 Å². The zero-order valence-corrected chi connectivity index (χ0v) is 12.2. The molecule has 0 atom stereocenters. The van der Waals surface area contributed by atoms with E-state index in [2.05, 4.69) is 30.3 Å². The van der Waals surface area contributed by atoms with Crippen molar-refractivity contribution >= 4 is 5.91 Å². The Hall–Kier alpha value is -1.83. The van der Waals surface area contributed by atoms with E-state index in [1.54, 1.807) is 4.68 Å². The van der Waals surface area contributed by atoms with Crippen LogP contribution < -0.4 is 5.32 Å². The quantitative estimate of drug-likeness (QED) is 0.909. The predicted molar refractivity (Wildman–Crippen MR) is 73.8 cm³/mol. The fourth-order valence-corrected chi connectivity index (χ4v) is 3.70. The van der Waals surface area contributed by atoms with E-state index >= 15 is 0 Å². The second-order valence-electron chi connectivity index (χ2n) is 6.77. The predicted octanol–water partition coefficient (Wildman–Crippen LogP) is 1.88. The minimum atomic E-state index is -0.125. The van der Waals surface area contributed by atoms with Gasteiger partial charge in [-0.1, -0.05) is 13.8 Å². The summed E-state index contributed by atoms with van der Waals surface area (Å²) in [5.74, 6) is 0.411. The maximum absolute atomic E-state index is 12.1. The molecule has 1 heterocycles. The summed E-state index contributed by atoms with van der Waals surface area (Å²) in [5.41, 5.74) is 1.96. The first-order valence-corrected chi connectivity index (χ1v) is 7.13. The summed E-state index contributed by atoms with van der Waals surface area (Å²) in [6.45, 7) is 6.48. The molecule has 20 heavy (non-hydrogen) atoms. The van der Waals surface area contributed by atoms with Crippen LogP contribution in [0.1, 0.15) is 50.3 Å². The molecule has 106 valence electrons. The van der Waals surface area contributed by atoms with Gasteiger partial charge >= 0.3 is 0 Å². The minimum absolute atomic E-state index is 0.00551. The molecular weight excluding hydrogens is 252 g/mol. The van der Waals surface area contributed by atoms with Gasteiger partial charge in [0.1, 0.15) is 6.54 Å². The molecule has 0 radical (unpaired) electrons. The molecule has 1 aromatic rings. The second-order valence-corrected chi connectivity index (χ2v) is 6.77. The number of amides is 1. The van der Waals surface area contributed by atoms with E-state index in [0.717, 1.165) is 25.0 Å². The van der Waals surface area contributed by atoms with Gasteiger partial charge < -0.3 is 5.32 Å². The number of aromatic nitrogens is 2. The van der Waals surface area contributed by atoms with E-state index in [0.29, 0.717) is 5.92 Å². The van der Waals surface area contributed by atoms with E-state index in [1.807, 2.05) is 13.1 Å². The number of nitriles is 1. The summed E-state index contributed by atoms with van der Waals surface area (Å²) in [4.78, 5) is 12.1. The normalized spacial score (nSPS) is 30.4. The largest absolute Gasteiger partial charge is 0.349 e. The smallest absolute Gasteiger partial charge is 0.242 e. The molecule has 1 aromatic heterocycles. The van der Waals surface area contributed by atoms with Crippen LogP contribution in [0.3, 0.4) is 0 Å². The van der Waals surface area contributed by atoms with Crippen molar-refractivity contribution in [2.45, 2.75) is 58.0 Å². The average molecular weight is 272 g/mol. The lowest BCUT2D eigenvalue weighted by molar-refractivity contribution is -0.144. The summed E-state index contributed by atoms with van der Waals surface area (Å²) in [5, 5.41) is 16.4. The van der Waals surface area contributed by atoms with Crippen LogP contribution in [0.15, 0.2) is 6.20 Å². The van der Waals surface area contributed by atoms with Gasteiger partial charge in [-0.05, 0) is 37.7 Å². The lowest BCUT2D eigenvalue weighted by atomic mass is 9.40. The summed E-state index contributed by atoms with van der Waals surface area (Å²) in [6, 6.07) is 2.35. The molecule has 0 aromatic carbocycles. The Morgan fingerprint density at radius 2 is 2.20 bits per heavy atom. The molecule has 4 rings (SSSR count). The van der Waals surface area contributed by atoms with Crippen molar-refractivity contribution in [3.63, 3.8) is 0 Å². The van der Waals surface area contributed by atoms with Crippen molar-refractivity contribution in [3.8, 4) is 6.07 Å². The Kier molecular flexibility index (Phi) is 2.69. The Balaban J connectivity index is 1.58. The van der Waals surface area contributed by atoms with Crippen molar-refractivity contribution in [2.75, 3.05) is 0 Å². The molecule has 2 bridgehead atoms. The lowest BCUT2D eigenvalue weighted by Crippen LogP contribution is -2.74. The van der Waals surface area contributed by atoms with Crippen LogP contribution in [0.4, 0.5) is 0 Å². The third-order valence-corrected chi connectivity index (χ3v) is 4.58. The maximum atomic E-state index is 12.1. The second kappa shape index (κ2) is 4.08. The first kappa shape index (κ1) is 13.2. The molecule has 0 saturated heterocycles. The molecule has 0 aliphatic heterocycles. The Morgan fingerprint density at radius 3 is 2.70 bits per heavy atom. The maximum Gasteiger partial charge on any atom is 0.242 e. The highest BCUT2D eigenvalue weighted by Crippen LogP contribution is 2.66. The van der Waals surface area contributed by atoms with Crippen molar-refractivity contribution in [3.05, 3.63) is 17.5 Å². The summed E-state index contributed by atoms with van der Waals surface area (Å²) in [7, 11) is 0. The molecule has 5 nitrogen and oxygen atoms in total. The topological polar surface area (TPSA) is 70.7 Å². The van der Waals surface area contributed by atoms with Gasteiger partial charge in [0.05, 0.1) is 17.2 Å². The van der Waals surface area contributed by atoms with Gasteiger partial charge in [-0.15, -0.1) is 0 Å². The minimum Gasteiger partial charge on any atom is -0.349 e. The van der Waals surface area contributed by atoms with Crippen LogP contribution in [0.5, 0.6) is 0 Å². The van der Waals surface area contributed by atoms with Gasteiger partial charge in [0.15, 0.2) is 0 Å². The highest BCUT2D eigenvalue weighted by atomic mass is 16.2. The molecule has 1 N–H and O–H groups in total. The summed E-state index contributed by atoms with van der Waals surface area (Å²) in [6.07, 6.45) is 4.41. The molecule has 3 saturated carbocycles. The molecule has 0 unspecified atom stereocenters. The third-order valence-electron chi connectivity index (χ3n) is 4.58. The van der Waals surface area contributed by atoms with Crippen LogP contribution in [0, 0.1) is 23.7 Å². The van der Waals surface area contributed by atoms with Gasteiger partial charge in [-0.2, -0.15) is 10.4 Å². The third kappa shape index (κ3) is 1.91. The molecule has 1 amide bonds. The fourth-order valence-electron chi connectivity index (χ4n) is 3.70. The van der Waals surface area contributed by atoms with E-state index in [1.165, 1.54) is 5.56 Å². The lowest BCUT2D eigenvalue weighted by Gasteiger charge is -2.66. The number of hydrogen-bond donors (Lipinski definition) is 1. The van der Waals surface area contributed by atoms with Crippen LogP contribution in [0.25, 0.3) is 0 Å². The van der Waals surface area contributed by atoms with E-state index < -0.39 is 0 Å². The van der Waals surface area contributed by atoms with Crippen LogP contribution in [-0.2, 0) is 11.3 Å². The van der Waals surface area contributed by atoms with Gasteiger partial charge in [0.25, 0.3) is 0 Å². The average Bonchev–Trinajstić information content (AvgIpc) is 2.62. The SMILES string of the molecule is Cc1nn(CC(=O)NC23CC(C#N)(C2)C3)cc1C(C)C. The van der Waals surface area contributed by atoms with Gasteiger partial charge in [0.2, 0.25) is 5.91 Å². The van der Waals surface area contributed by atoms with Crippen LogP contribution in [-0.4, -0.2) is 21.2 Å². The molecular formula is C15H20N4O. The number of rotatable bonds is 4. The molecule has 5 heteroatoms. The van der Waals surface area contributed by atoms with E-state index in [-0.39, 0.29) is 23.4 Å². The van der Waals surface area contributed by atoms with Gasteiger partial charge in [-0.3, -0.25) is 9.48 Å². The van der Waals surface area contributed by atoms with Crippen LogP contribution in [0.2, 0.25) is 0 Å². The number of carbonyl (C=O) groups excluding carboxylic acids is 1. The van der Waals surface area contributed by atoms with Crippen molar-refractivity contribution in [1.82, 2.24) is 15.1 Å². The monoisotopic (exact) mass is 272 g/mol. The van der Waals surface area contributed by atoms with E-state index in [9.17, 15) is 4.79 Å². The molecule has 0 spiro atoms. The van der Waals surface area contributed by atoms with Gasteiger partial charge in [-0.25, -0.2) is 0 Å². The number of nitrogens with zero attached hydrogens (tertiary/aromatic N) is 3.